The number of benzene rings is 3. The number of aromatic carboxylic acids is 1. The molecule has 5 unspecified atom stereocenters. The van der Waals surface area contributed by atoms with Crippen LogP contribution in [-0.2, 0) is 5.41 Å². The highest BCUT2D eigenvalue weighted by molar-refractivity contribution is 5.95. The predicted molar refractivity (Wildman–Crippen MR) is 125 cm³/mol. The van der Waals surface area contributed by atoms with Gasteiger partial charge in [0.05, 0.1) is 5.56 Å². The van der Waals surface area contributed by atoms with Crippen molar-refractivity contribution in [3.8, 4) is 16.9 Å². The predicted octanol–water partition coefficient (Wildman–Crippen LogP) is 6.77. The molecule has 5 atom stereocenters. The lowest BCUT2D eigenvalue weighted by atomic mass is 9.56. The molecule has 162 valence electrons. The molecule has 1 spiro atoms. The molecule has 32 heavy (non-hydrogen) atoms. The summed E-state index contributed by atoms with van der Waals surface area (Å²) < 4.78 is 0. The highest BCUT2D eigenvalue weighted by Gasteiger charge is 2.77. The second-order valence-electron chi connectivity index (χ2n) is 11.6. The molecule has 3 heteroatoms. The molecule has 4 aliphatic rings. The Labute approximate surface area is 188 Å². The van der Waals surface area contributed by atoms with Gasteiger partial charge in [-0.2, -0.15) is 0 Å². The number of carbonyl (C=O) groups is 1. The van der Waals surface area contributed by atoms with E-state index in [0.29, 0.717) is 22.1 Å². The summed E-state index contributed by atoms with van der Waals surface area (Å²) in [6.07, 6.45) is 7.91. The summed E-state index contributed by atoms with van der Waals surface area (Å²) in [5.41, 5.74) is 4.92. The number of phenolic OH excluding ortho intramolecular Hbond substituents is 1. The van der Waals surface area contributed by atoms with Crippen molar-refractivity contribution in [2.45, 2.75) is 50.9 Å². The zero-order valence-electron chi connectivity index (χ0n) is 18.4. The topological polar surface area (TPSA) is 57.5 Å². The maximum absolute atomic E-state index is 11.3. The van der Waals surface area contributed by atoms with E-state index < -0.39 is 5.97 Å². The minimum atomic E-state index is -0.902. The molecule has 3 aromatic carbocycles. The summed E-state index contributed by atoms with van der Waals surface area (Å²) in [7, 11) is 0. The third-order valence-corrected chi connectivity index (χ3v) is 9.87. The quantitative estimate of drug-likeness (QED) is 0.488. The van der Waals surface area contributed by atoms with E-state index in [1.54, 1.807) is 12.1 Å². The lowest BCUT2D eigenvalue weighted by molar-refractivity contribution is 0.0697. The molecule has 3 aromatic rings. The molecule has 0 amide bonds. The van der Waals surface area contributed by atoms with Crippen LogP contribution in [0.4, 0.5) is 0 Å². The fourth-order valence-electron chi connectivity index (χ4n) is 8.69. The first-order valence-electron chi connectivity index (χ1n) is 11.9. The van der Waals surface area contributed by atoms with Crippen LogP contribution in [0.15, 0.2) is 54.6 Å². The molecule has 0 saturated heterocycles. The summed E-state index contributed by atoms with van der Waals surface area (Å²) in [5, 5.41) is 22.2. The molecule has 0 aromatic heterocycles. The van der Waals surface area contributed by atoms with Gasteiger partial charge < -0.3 is 10.2 Å². The standard InChI is InChI=1S/C29H28O3/c1-27-15-28(12-17-8-23(14-28)29(27,13-17)16-27)24-11-21(6-7-25(24)30)19-2-3-20-10-22(26(31)32)5-4-18(20)9-19/h2-7,9-11,17,23,30H,8,12-16H2,1H3,(H,31,32). The molecule has 4 aliphatic carbocycles. The fraction of sp³-hybridized carbons (Fsp3) is 0.414. The van der Waals surface area contributed by atoms with Crippen molar-refractivity contribution < 1.29 is 15.0 Å². The van der Waals surface area contributed by atoms with Crippen molar-refractivity contribution in [1.29, 1.82) is 0 Å². The Morgan fingerprint density at radius 3 is 2.50 bits per heavy atom. The van der Waals surface area contributed by atoms with Crippen molar-refractivity contribution in [3.05, 3.63) is 65.7 Å². The first-order valence-corrected chi connectivity index (χ1v) is 11.9. The van der Waals surface area contributed by atoms with E-state index in [0.717, 1.165) is 39.3 Å². The van der Waals surface area contributed by atoms with Gasteiger partial charge in [-0.05, 0) is 113 Å². The van der Waals surface area contributed by atoms with Gasteiger partial charge in [-0.15, -0.1) is 0 Å². The average molecular weight is 425 g/mol. The van der Waals surface area contributed by atoms with Crippen LogP contribution < -0.4 is 0 Å². The van der Waals surface area contributed by atoms with Crippen molar-refractivity contribution in [1.82, 2.24) is 0 Å². The second-order valence-corrected chi connectivity index (χ2v) is 11.6. The molecular formula is C29H28O3. The fourth-order valence-corrected chi connectivity index (χ4v) is 8.69. The minimum Gasteiger partial charge on any atom is -0.508 e. The first kappa shape index (κ1) is 18.7. The molecule has 0 radical (unpaired) electrons. The van der Waals surface area contributed by atoms with E-state index in [1.165, 1.54) is 38.5 Å². The Morgan fingerprint density at radius 1 is 0.906 bits per heavy atom. The van der Waals surface area contributed by atoms with E-state index in [9.17, 15) is 15.0 Å². The largest absolute Gasteiger partial charge is 0.508 e. The van der Waals surface area contributed by atoms with Gasteiger partial charge in [-0.3, -0.25) is 0 Å². The SMILES string of the molecule is CC12CC3(c4cc(-c5ccc6cc(C(=O)O)ccc6c5)ccc4O)CC4CC(C3)C1(C4)C2. The molecule has 2 N–H and O–H groups in total. The van der Waals surface area contributed by atoms with Crippen molar-refractivity contribution in [3.63, 3.8) is 0 Å². The molecule has 4 saturated carbocycles. The molecule has 7 rings (SSSR count). The minimum absolute atomic E-state index is 0.117. The Morgan fingerprint density at radius 2 is 1.66 bits per heavy atom. The van der Waals surface area contributed by atoms with Gasteiger partial charge in [0.1, 0.15) is 5.75 Å². The number of aromatic hydroxyl groups is 1. The molecular weight excluding hydrogens is 396 g/mol. The van der Waals surface area contributed by atoms with Gasteiger partial charge in [-0.25, -0.2) is 4.79 Å². The third-order valence-electron chi connectivity index (χ3n) is 9.87. The van der Waals surface area contributed by atoms with Crippen molar-refractivity contribution in [2.24, 2.45) is 22.7 Å². The zero-order chi connectivity index (χ0) is 21.9. The zero-order valence-corrected chi connectivity index (χ0v) is 18.4. The van der Waals surface area contributed by atoms with Gasteiger partial charge in [0.25, 0.3) is 0 Å². The average Bonchev–Trinajstić information content (AvgIpc) is 3.28. The van der Waals surface area contributed by atoms with Crippen LogP contribution in [0, 0.1) is 22.7 Å². The van der Waals surface area contributed by atoms with Gasteiger partial charge in [-0.1, -0.05) is 31.2 Å². The number of fused-ring (bicyclic) bond motifs is 3. The summed E-state index contributed by atoms with van der Waals surface area (Å²) in [6, 6.07) is 17.7. The summed E-state index contributed by atoms with van der Waals surface area (Å²) in [4.78, 5) is 11.3. The van der Waals surface area contributed by atoms with E-state index in [4.69, 9.17) is 0 Å². The Bertz CT molecular complexity index is 1330. The van der Waals surface area contributed by atoms with E-state index in [-0.39, 0.29) is 5.41 Å². The summed E-state index contributed by atoms with van der Waals surface area (Å²) in [5.74, 6) is 1.22. The highest BCUT2D eigenvalue weighted by Crippen LogP contribution is 2.85. The second kappa shape index (κ2) is 5.75. The maximum Gasteiger partial charge on any atom is 0.335 e. The normalized spacial score (nSPS) is 36.3. The van der Waals surface area contributed by atoms with Gasteiger partial charge >= 0.3 is 5.97 Å². The van der Waals surface area contributed by atoms with Crippen molar-refractivity contribution in [2.75, 3.05) is 0 Å². The lowest BCUT2D eigenvalue weighted by Crippen LogP contribution is -2.41. The van der Waals surface area contributed by atoms with Crippen LogP contribution in [0.1, 0.15) is 61.4 Å². The molecule has 3 nitrogen and oxygen atoms in total. The number of phenols is 1. The molecule has 3 bridgehead atoms. The van der Waals surface area contributed by atoms with Crippen LogP contribution in [0.3, 0.4) is 0 Å². The van der Waals surface area contributed by atoms with Crippen LogP contribution in [-0.4, -0.2) is 16.2 Å². The number of hydrogen-bond donors (Lipinski definition) is 2. The molecule has 0 heterocycles. The number of hydrogen-bond acceptors (Lipinski definition) is 2. The van der Waals surface area contributed by atoms with E-state index in [1.807, 2.05) is 24.3 Å². The van der Waals surface area contributed by atoms with E-state index >= 15 is 0 Å². The summed E-state index contributed by atoms with van der Waals surface area (Å²) in [6.45, 7) is 2.51. The van der Waals surface area contributed by atoms with Crippen LogP contribution >= 0.6 is 0 Å². The summed E-state index contributed by atoms with van der Waals surface area (Å²) >= 11 is 0. The Kier molecular flexibility index (Phi) is 3.37. The van der Waals surface area contributed by atoms with Crippen LogP contribution in [0.25, 0.3) is 21.9 Å². The maximum atomic E-state index is 11.3. The smallest absolute Gasteiger partial charge is 0.335 e. The van der Waals surface area contributed by atoms with Gasteiger partial charge in [0.2, 0.25) is 0 Å². The number of carboxylic acids is 1. The molecule has 0 aliphatic heterocycles. The van der Waals surface area contributed by atoms with Crippen molar-refractivity contribution >= 4 is 16.7 Å². The number of carboxylic acid groups (broad SMARTS) is 1. The van der Waals surface area contributed by atoms with Crippen LogP contribution in [0.5, 0.6) is 5.75 Å². The third kappa shape index (κ3) is 2.29. The number of rotatable bonds is 3. The van der Waals surface area contributed by atoms with Crippen LogP contribution in [0.2, 0.25) is 0 Å². The van der Waals surface area contributed by atoms with E-state index in [2.05, 4.69) is 25.1 Å². The first-order chi connectivity index (χ1) is 15.3. The van der Waals surface area contributed by atoms with Gasteiger partial charge in [0.15, 0.2) is 0 Å². The van der Waals surface area contributed by atoms with Gasteiger partial charge in [0, 0.05) is 11.0 Å². The highest BCUT2D eigenvalue weighted by atomic mass is 16.4. The monoisotopic (exact) mass is 424 g/mol. The Balaban J connectivity index is 1.31. The Hall–Kier alpha value is -2.81. The molecule has 4 fully saturated rings. The lowest BCUT2D eigenvalue weighted by Gasteiger charge is -2.48.